The molecule has 0 aliphatic heterocycles. The molecule has 0 rings (SSSR count). The van der Waals surface area contributed by atoms with E-state index in [1.807, 2.05) is 12.2 Å². The van der Waals surface area contributed by atoms with Gasteiger partial charge in [0.05, 0.1) is 25.2 Å². The minimum absolute atomic E-state index is 0.00617. The number of unbranched alkanes of at least 4 members (excludes halogenated alkanes) is 20. The van der Waals surface area contributed by atoms with E-state index in [4.69, 9.17) is 4.74 Å². The summed E-state index contributed by atoms with van der Waals surface area (Å²) < 4.78 is 5.85. The van der Waals surface area contributed by atoms with E-state index in [-0.39, 0.29) is 24.9 Å². The van der Waals surface area contributed by atoms with Gasteiger partial charge in [-0.15, -0.1) is 0 Å². The van der Waals surface area contributed by atoms with Crippen LogP contribution in [0.25, 0.3) is 0 Å². The Balaban J connectivity index is 4.74. The Morgan fingerprint density at radius 1 is 0.525 bits per heavy atom. The molecule has 0 aliphatic carbocycles. The van der Waals surface area contributed by atoms with Crippen molar-refractivity contribution in [3.8, 4) is 0 Å². The van der Waals surface area contributed by atoms with Gasteiger partial charge >= 0.3 is 5.97 Å². The first-order valence-corrected chi connectivity index (χ1v) is 24.7. The van der Waals surface area contributed by atoms with Gasteiger partial charge in [-0.25, -0.2) is 0 Å². The second kappa shape index (κ2) is 46.4. The van der Waals surface area contributed by atoms with E-state index >= 15 is 0 Å². The molecule has 3 atom stereocenters. The van der Waals surface area contributed by atoms with Crippen LogP contribution in [0, 0.1) is 0 Å². The number of hydrogen-bond acceptors (Lipinski definition) is 5. The van der Waals surface area contributed by atoms with Crippen LogP contribution in [0.15, 0.2) is 72.9 Å². The smallest absolute Gasteiger partial charge is 0.306 e. The van der Waals surface area contributed by atoms with Gasteiger partial charge in [-0.1, -0.05) is 209 Å². The zero-order valence-corrected chi connectivity index (χ0v) is 38.6. The quantitative estimate of drug-likeness (QED) is 0.0323. The number of ether oxygens (including phenoxy) is 1. The number of esters is 1. The van der Waals surface area contributed by atoms with Crippen LogP contribution < -0.4 is 5.32 Å². The maximum absolute atomic E-state index is 13.1. The summed E-state index contributed by atoms with van der Waals surface area (Å²) in [7, 11) is 0. The Kier molecular flexibility index (Phi) is 44.2. The lowest BCUT2D eigenvalue weighted by atomic mass is 10.0. The zero-order chi connectivity index (χ0) is 43.1. The highest BCUT2D eigenvalue weighted by Crippen LogP contribution is 2.15. The molecule has 0 saturated carbocycles. The average molecular weight is 824 g/mol. The Hall–Kier alpha value is -2.70. The molecule has 3 N–H and O–H groups in total. The van der Waals surface area contributed by atoms with Crippen molar-refractivity contribution in [3.05, 3.63) is 72.9 Å². The number of rotatable bonds is 43. The second-order valence-electron chi connectivity index (χ2n) is 16.5. The summed E-state index contributed by atoms with van der Waals surface area (Å²) in [5.41, 5.74) is 0. The van der Waals surface area contributed by atoms with Gasteiger partial charge in [-0.2, -0.15) is 0 Å². The fourth-order valence-corrected chi connectivity index (χ4v) is 7.03. The topological polar surface area (TPSA) is 95.9 Å². The minimum atomic E-state index is -0.814. The van der Waals surface area contributed by atoms with Gasteiger partial charge in [0, 0.05) is 12.8 Å². The van der Waals surface area contributed by atoms with Crippen molar-refractivity contribution < 1.29 is 24.5 Å². The summed E-state index contributed by atoms with van der Waals surface area (Å²) >= 11 is 0. The predicted molar refractivity (Wildman–Crippen MR) is 255 cm³/mol. The summed E-state index contributed by atoms with van der Waals surface area (Å²) in [6, 6.07) is -0.734. The van der Waals surface area contributed by atoms with Crippen LogP contribution in [0.5, 0.6) is 0 Å². The lowest BCUT2D eigenvalue weighted by molar-refractivity contribution is -0.150. The van der Waals surface area contributed by atoms with Crippen LogP contribution in [0.4, 0.5) is 0 Å². The van der Waals surface area contributed by atoms with Gasteiger partial charge in [0.15, 0.2) is 0 Å². The highest BCUT2D eigenvalue weighted by atomic mass is 16.5. The monoisotopic (exact) mass is 824 g/mol. The zero-order valence-electron chi connectivity index (χ0n) is 38.6. The van der Waals surface area contributed by atoms with Crippen LogP contribution in [-0.2, 0) is 14.3 Å². The fourth-order valence-electron chi connectivity index (χ4n) is 7.03. The van der Waals surface area contributed by atoms with Crippen molar-refractivity contribution in [2.75, 3.05) is 6.61 Å². The maximum Gasteiger partial charge on any atom is 0.306 e. The van der Waals surface area contributed by atoms with Crippen LogP contribution in [0.2, 0.25) is 0 Å². The Labute approximate surface area is 364 Å². The van der Waals surface area contributed by atoms with E-state index in [1.54, 1.807) is 0 Å². The van der Waals surface area contributed by atoms with Crippen molar-refractivity contribution in [3.63, 3.8) is 0 Å². The largest absolute Gasteiger partial charge is 0.461 e. The number of hydrogen-bond donors (Lipinski definition) is 3. The molecule has 0 heterocycles. The summed E-state index contributed by atoms with van der Waals surface area (Å²) in [6.07, 6.45) is 58.4. The molecule has 6 nitrogen and oxygen atoms in total. The number of amides is 1. The van der Waals surface area contributed by atoms with Gasteiger partial charge in [0.25, 0.3) is 0 Å². The van der Waals surface area contributed by atoms with Gasteiger partial charge in [-0.3, -0.25) is 9.59 Å². The Bertz CT molecular complexity index is 1110. The van der Waals surface area contributed by atoms with Crippen molar-refractivity contribution >= 4 is 11.9 Å². The molecule has 0 aliphatic rings. The molecule has 0 saturated heterocycles. The van der Waals surface area contributed by atoms with Gasteiger partial charge in [-0.05, 0) is 70.6 Å². The molecule has 1 amide bonds. The van der Waals surface area contributed by atoms with Gasteiger partial charge in [0.1, 0.15) is 6.10 Å². The summed E-state index contributed by atoms with van der Waals surface area (Å²) in [5.74, 6) is -0.593. The molecule has 0 aromatic rings. The molecule has 59 heavy (non-hydrogen) atoms. The van der Waals surface area contributed by atoms with Crippen molar-refractivity contribution in [2.45, 2.75) is 244 Å². The molecule has 3 unspecified atom stereocenters. The Morgan fingerprint density at radius 2 is 0.949 bits per heavy atom. The summed E-state index contributed by atoms with van der Waals surface area (Å²) in [4.78, 5) is 26.0. The fraction of sp³-hybridized carbons (Fsp3) is 0.736. The van der Waals surface area contributed by atoms with Crippen molar-refractivity contribution in [1.82, 2.24) is 5.32 Å². The molecule has 0 aromatic carbocycles. The third kappa shape index (κ3) is 41.8. The maximum atomic E-state index is 13.1. The predicted octanol–water partition coefficient (Wildman–Crippen LogP) is 14.6. The van der Waals surface area contributed by atoms with Gasteiger partial charge < -0.3 is 20.3 Å². The van der Waals surface area contributed by atoms with E-state index in [0.29, 0.717) is 19.3 Å². The number of nitrogens with one attached hydrogen (secondary N) is 1. The second-order valence-corrected chi connectivity index (χ2v) is 16.5. The third-order valence-electron chi connectivity index (χ3n) is 10.8. The molecule has 340 valence electrons. The SMILES string of the molecule is CC/C=C\C/C=C\C/C=C\C/C=C\C/C=C\CC(CC(=O)NC(CO)C(O)CCCCCCCCCCC)OC(=O)CCCCCCC/C=C/CCCCCCCCC. The number of carbonyl (C=O) groups excluding carboxylic acids is 2. The number of carbonyl (C=O) groups is 2. The molecule has 0 spiro atoms. The number of aliphatic hydroxyl groups is 2. The van der Waals surface area contributed by atoms with E-state index in [0.717, 1.165) is 77.0 Å². The minimum Gasteiger partial charge on any atom is -0.461 e. The summed E-state index contributed by atoms with van der Waals surface area (Å²) in [6.45, 7) is 6.31. The first kappa shape index (κ1) is 56.3. The molecule has 0 fully saturated rings. The van der Waals surface area contributed by atoms with E-state index in [2.05, 4.69) is 86.8 Å². The summed E-state index contributed by atoms with van der Waals surface area (Å²) in [5, 5.41) is 23.6. The molecular formula is C53H93NO5. The normalized spacial score (nSPS) is 13.9. The number of aliphatic hydroxyl groups excluding tert-OH is 2. The van der Waals surface area contributed by atoms with Crippen LogP contribution in [-0.4, -0.2) is 46.9 Å². The van der Waals surface area contributed by atoms with Crippen molar-refractivity contribution in [1.29, 1.82) is 0 Å². The number of allylic oxidation sites excluding steroid dienone is 11. The van der Waals surface area contributed by atoms with E-state index in [9.17, 15) is 19.8 Å². The third-order valence-corrected chi connectivity index (χ3v) is 10.8. The van der Waals surface area contributed by atoms with Crippen molar-refractivity contribution in [2.24, 2.45) is 0 Å². The Morgan fingerprint density at radius 3 is 1.42 bits per heavy atom. The van der Waals surface area contributed by atoms with Crippen LogP contribution in [0.3, 0.4) is 0 Å². The molecule has 0 aromatic heterocycles. The highest BCUT2D eigenvalue weighted by molar-refractivity contribution is 5.77. The highest BCUT2D eigenvalue weighted by Gasteiger charge is 2.23. The van der Waals surface area contributed by atoms with Crippen LogP contribution >= 0.6 is 0 Å². The van der Waals surface area contributed by atoms with E-state index in [1.165, 1.54) is 103 Å². The van der Waals surface area contributed by atoms with Crippen LogP contribution in [0.1, 0.15) is 226 Å². The standard InChI is InChI=1S/C53H93NO5/c1-4-7-10-13-16-19-21-23-25-27-29-31-34-37-40-43-46-53(58)59-49(44-41-38-35-33-30-28-26-24-22-20-17-14-11-8-5-2)47-52(57)54-50(48-55)51(56)45-42-39-36-32-18-15-12-9-6-3/h8,11,17,20,24-27,30,33,38,41,49-51,55-56H,4-7,9-10,12-16,18-19,21-23,28-29,31-32,34-37,39-40,42-48H2,1-3H3,(H,54,57)/b11-8-,20-17-,26-24-,27-25+,33-30-,41-38-. The van der Waals surface area contributed by atoms with E-state index < -0.39 is 18.2 Å². The van der Waals surface area contributed by atoms with Gasteiger partial charge in [0.2, 0.25) is 5.91 Å². The molecular weight excluding hydrogens is 731 g/mol. The molecule has 0 radical (unpaired) electrons. The first-order chi connectivity index (χ1) is 29.0. The first-order valence-electron chi connectivity index (χ1n) is 24.7. The lowest BCUT2D eigenvalue weighted by Gasteiger charge is -2.24. The molecule has 0 bridgehead atoms. The lowest BCUT2D eigenvalue weighted by Crippen LogP contribution is -2.46. The average Bonchev–Trinajstić information content (AvgIpc) is 3.23. The molecule has 6 heteroatoms.